The van der Waals surface area contributed by atoms with Crippen molar-refractivity contribution in [1.82, 2.24) is 0 Å². The number of nitrogen functional groups attached to an aromatic ring is 1. The number of nitrogens with two attached hydrogens (primary N) is 1. The summed E-state index contributed by atoms with van der Waals surface area (Å²) in [5.74, 6) is 1.47. The van der Waals surface area contributed by atoms with Gasteiger partial charge in [0.25, 0.3) is 0 Å². The van der Waals surface area contributed by atoms with E-state index in [0.717, 1.165) is 28.4 Å². The number of ether oxygens (including phenoxy) is 1. The van der Waals surface area contributed by atoms with Crippen LogP contribution in [0.4, 0.5) is 10.1 Å². The van der Waals surface area contributed by atoms with E-state index in [1.54, 1.807) is 17.8 Å². The van der Waals surface area contributed by atoms with Crippen LogP contribution in [0.2, 0.25) is 0 Å². The Balaban J connectivity index is 1.75. The molecule has 0 bridgehead atoms. The third-order valence-electron chi connectivity index (χ3n) is 3.13. The summed E-state index contributed by atoms with van der Waals surface area (Å²) < 4.78 is 19.1. The fourth-order valence-electron chi connectivity index (χ4n) is 1.89. The molecule has 2 aromatic carbocycles. The molecule has 0 aliphatic carbocycles. The topological polar surface area (TPSA) is 35.2 Å². The van der Waals surface area contributed by atoms with Gasteiger partial charge in [0, 0.05) is 10.6 Å². The largest absolute Gasteiger partial charge is 0.493 e. The zero-order chi connectivity index (χ0) is 15.2. The number of hydrogen-bond acceptors (Lipinski definition) is 3. The Morgan fingerprint density at radius 3 is 2.71 bits per heavy atom. The Bertz CT molecular complexity index is 616. The summed E-state index contributed by atoms with van der Waals surface area (Å²) in [5, 5.41) is 0. The van der Waals surface area contributed by atoms with Gasteiger partial charge in [-0.15, -0.1) is 11.8 Å². The van der Waals surface area contributed by atoms with Gasteiger partial charge in [-0.25, -0.2) is 4.39 Å². The molecule has 21 heavy (non-hydrogen) atoms. The molecule has 2 nitrogen and oxygen atoms in total. The quantitative estimate of drug-likeness (QED) is 0.482. The van der Waals surface area contributed by atoms with Crippen molar-refractivity contribution >= 4 is 17.4 Å². The van der Waals surface area contributed by atoms with Gasteiger partial charge in [0.15, 0.2) is 0 Å². The maximum Gasteiger partial charge on any atom is 0.147 e. The second-order valence-corrected chi connectivity index (χ2v) is 6.17. The molecule has 0 aliphatic rings. The number of thioether (sulfide) groups is 1. The summed E-state index contributed by atoms with van der Waals surface area (Å²) >= 11 is 1.61. The standard InChI is InChI=1S/C17H20FNOS/c1-12-4-5-13(2)17(10-12)20-8-3-9-21-14-6-7-16(19)15(18)11-14/h4-7,10-11H,3,8-9,19H2,1-2H3. The van der Waals surface area contributed by atoms with E-state index in [4.69, 9.17) is 10.5 Å². The fourth-order valence-corrected chi connectivity index (χ4v) is 2.74. The van der Waals surface area contributed by atoms with E-state index >= 15 is 0 Å². The zero-order valence-corrected chi connectivity index (χ0v) is 13.2. The smallest absolute Gasteiger partial charge is 0.147 e. The molecule has 0 saturated heterocycles. The lowest BCUT2D eigenvalue weighted by molar-refractivity contribution is 0.316. The molecule has 0 unspecified atom stereocenters. The first kappa shape index (κ1) is 15.7. The van der Waals surface area contributed by atoms with Crippen LogP contribution in [0.3, 0.4) is 0 Å². The highest BCUT2D eigenvalue weighted by molar-refractivity contribution is 7.99. The molecule has 2 aromatic rings. The van der Waals surface area contributed by atoms with Crippen LogP contribution >= 0.6 is 11.8 Å². The van der Waals surface area contributed by atoms with Gasteiger partial charge in [0.2, 0.25) is 0 Å². The monoisotopic (exact) mass is 305 g/mol. The van der Waals surface area contributed by atoms with Crippen LogP contribution in [-0.4, -0.2) is 12.4 Å². The van der Waals surface area contributed by atoms with E-state index < -0.39 is 0 Å². The van der Waals surface area contributed by atoms with E-state index in [1.807, 2.05) is 13.0 Å². The Labute approximate surface area is 129 Å². The molecule has 0 aliphatic heterocycles. The summed E-state index contributed by atoms with van der Waals surface area (Å²) in [6.45, 7) is 4.76. The predicted octanol–water partition coefficient (Wildman–Crippen LogP) is 4.59. The van der Waals surface area contributed by atoms with Crippen LogP contribution in [0.15, 0.2) is 41.3 Å². The lowest BCUT2D eigenvalue weighted by atomic mass is 10.1. The average Bonchev–Trinajstić information content (AvgIpc) is 2.46. The highest BCUT2D eigenvalue weighted by Crippen LogP contribution is 2.23. The normalized spacial score (nSPS) is 10.6. The summed E-state index contributed by atoms with van der Waals surface area (Å²) in [7, 11) is 0. The van der Waals surface area contributed by atoms with Gasteiger partial charge in [-0.1, -0.05) is 12.1 Å². The molecule has 2 rings (SSSR count). The van der Waals surface area contributed by atoms with Crippen LogP contribution in [0, 0.1) is 19.7 Å². The lowest BCUT2D eigenvalue weighted by Crippen LogP contribution is -2.00. The molecule has 2 N–H and O–H groups in total. The van der Waals surface area contributed by atoms with Crippen LogP contribution in [-0.2, 0) is 0 Å². The van der Waals surface area contributed by atoms with Gasteiger partial charge >= 0.3 is 0 Å². The second-order valence-electron chi connectivity index (χ2n) is 5.00. The van der Waals surface area contributed by atoms with E-state index in [0.29, 0.717) is 6.61 Å². The van der Waals surface area contributed by atoms with E-state index in [1.165, 1.54) is 11.6 Å². The predicted molar refractivity (Wildman–Crippen MR) is 87.6 cm³/mol. The van der Waals surface area contributed by atoms with Crippen LogP contribution in [0.1, 0.15) is 17.5 Å². The summed E-state index contributed by atoms with van der Waals surface area (Å²) in [5.41, 5.74) is 7.99. The minimum atomic E-state index is -0.355. The highest BCUT2D eigenvalue weighted by Gasteiger charge is 2.02. The molecule has 4 heteroatoms. The molecule has 0 spiro atoms. The molecular weight excluding hydrogens is 285 g/mol. The number of anilines is 1. The maximum absolute atomic E-state index is 13.3. The summed E-state index contributed by atoms with van der Waals surface area (Å²) in [6, 6.07) is 11.1. The maximum atomic E-state index is 13.3. The number of benzene rings is 2. The first-order valence-electron chi connectivity index (χ1n) is 6.94. The zero-order valence-electron chi connectivity index (χ0n) is 12.4. The van der Waals surface area contributed by atoms with Gasteiger partial charge in [-0.05, 0) is 55.7 Å². The fraction of sp³-hybridized carbons (Fsp3) is 0.294. The van der Waals surface area contributed by atoms with Crippen molar-refractivity contribution in [3.8, 4) is 5.75 Å². The van der Waals surface area contributed by atoms with E-state index in [9.17, 15) is 4.39 Å². The first-order chi connectivity index (χ1) is 10.1. The van der Waals surface area contributed by atoms with Gasteiger partial charge in [0.05, 0.1) is 12.3 Å². The van der Waals surface area contributed by atoms with Gasteiger partial charge in [0.1, 0.15) is 11.6 Å². The van der Waals surface area contributed by atoms with Crippen LogP contribution < -0.4 is 10.5 Å². The van der Waals surface area contributed by atoms with Crippen LogP contribution in [0.25, 0.3) is 0 Å². The molecule has 0 amide bonds. The van der Waals surface area contributed by atoms with E-state index in [-0.39, 0.29) is 11.5 Å². The summed E-state index contributed by atoms with van der Waals surface area (Å²) in [6.07, 6.45) is 0.907. The van der Waals surface area contributed by atoms with Gasteiger partial charge in [-0.2, -0.15) is 0 Å². The Morgan fingerprint density at radius 2 is 1.95 bits per heavy atom. The van der Waals surface area contributed by atoms with Crippen molar-refractivity contribution in [2.75, 3.05) is 18.1 Å². The minimum absolute atomic E-state index is 0.192. The number of hydrogen-bond donors (Lipinski definition) is 1. The Hall–Kier alpha value is -1.68. The SMILES string of the molecule is Cc1ccc(C)c(OCCCSc2ccc(N)c(F)c2)c1. The average molecular weight is 305 g/mol. The van der Waals surface area contributed by atoms with E-state index in [2.05, 4.69) is 25.1 Å². The molecule has 0 aromatic heterocycles. The molecule has 0 heterocycles. The molecule has 0 atom stereocenters. The second kappa shape index (κ2) is 7.36. The molecule has 0 radical (unpaired) electrons. The van der Waals surface area contributed by atoms with Crippen molar-refractivity contribution in [3.05, 3.63) is 53.3 Å². The lowest BCUT2D eigenvalue weighted by Gasteiger charge is -2.10. The number of rotatable bonds is 6. The van der Waals surface area contributed by atoms with Crippen molar-refractivity contribution in [3.63, 3.8) is 0 Å². The Kier molecular flexibility index (Phi) is 5.51. The minimum Gasteiger partial charge on any atom is -0.493 e. The summed E-state index contributed by atoms with van der Waals surface area (Å²) in [4.78, 5) is 0.897. The third-order valence-corrected chi connectivity index (χ3v) is 4.21. The highest BCUT2D eigenvalue weighted by atomic mass is 32.2. The van der Waals surface area contributed by atoms with Gasteiger partial charge < -0.3 is 10.5 Å². The molecular formula is C17H20FNOS. The Morgan fingerprint density at radius 1 is 1.14 bits per heavy atom. The van der Waals surface area contributed by atoms with Crippen molar-refractivity contribution in [1.29, 1.82) is 0 Å². The molecule has 0 fully saturated rings. The van der Waals surface area contributed by atoms with Crippen molar-refractivity contribution < 1.29 is 9.13 Å². The van der Waals surface area contributed by atoms with Gasteiger partial charge in [-0.3, -0.25) is 0 Å². The van der Waals surface area contributed by atoms with Crippen molar-refractivity contribution in [2.45, 2.75) is 25.2 Å². The number of aryl methyl sites for hydroxylation is 2. The van der Waals surface area contributed by atoms with Crippen molar-refractivity contribution in [2.24, 2.45) is 0 Å². The first-order valence-corrected chi connectivity index (χ1v) is 7.92. The third kappa shape index (κ3) is 4.67. The number of halogens is 1. The molecule has 0 saturated carbocycles. The van der Waals surface area contributed by atoms with Crippen LogP contribution in [0.5, 0.6) is 5.75 Å². The molecule has 112 valence electrons.